The van der Waals surface area contributed by atoms with Crippen LogP contribution in [-0.2, 0) is 4.74 Å². The predicted octanol–water partition coefficient (Wildman–Crippen LogP) is 4.82. The first-order chi connectivity index (χ1) is 15.7. The molecule has 2 aliphatic carbocycles. The number of carbonyl (C=O) groups is 1. The van der Waals surface area contributed by atoms with Crippen LogP contribution in [0.1, 0.15) is 54.1 Å². The second kappa shape index (κ2) is 8.68. The molecule has 0 saturated heterocycles. The van der Waals surface area contributed by atoms with E-state index in [-0.39, 0.29) is 5.91 Å². The Morgan fingerprint density at radius 1 is 1.12 bits per heavy atom. The van der Waals surface area contributed by atoms with Gasteiger partial charge in [-0.3, -0.25) is 4.79 Å². The summed E-state index contributed by atoms with van der Waals surface area (Å²) < 4.78 is 13.2. The maximum atomic E-state index is 12.4. The molecule has 1 N–H and O–H groups in total. The van der Waals surface area contributed by atoms with E-state index >= 15 is 0 Å². The molecule has 2 fully saturated rings. The number of aromatic nitrogens is 1. The highest BCUT2D eigenvalue weighted by molar-refractivity contribution is 5.97. The van der Waals surface area contributed by atoms with Crippen molar-refractivity contribution in [3.63, 3.8) is 0 Å². The maximum Gasteiger partial charge on any atom is 0.251 e. The van der Waals surface area contributed by atoms with Crippen molar-refractivity contribution in [3.05, 3.63) is 53.6 Å². The van der Waals surface area contributed by atoms with E-state index in [2.05, 4.69) is 16.0 Å². The third-order valence-corrected chi connectivity index (χ3v) is 6.42. The molecule has 0 atom stereocenters. The normalized spacial score (nSPS) is 15.9. The van der Waals surface area contributed by atoms with Gasteiger partial charge in [0.05, 0.1) is 23.4 Å². The first-order valence-electron chi connectivity index (χ1n) is 11.3. The lowest BCUT2D eigenvalue weighted by Crippen LogP contribution is -2.25. The van der Waals surface area contributed by atoms with Crippen molar-refractivity contribution in [2.24, 2.45) is 0 Å². The molecule has 32 heavy (non-hydrogen) atoms. The fraction of sp³-hybridized carbons (Fsp3) is 0.385. The molecule has 6 nitrogen and oxygen atoms in total. The number of methoxy groups -OCH3 is 1. The van der Waals surface area contributed by atoms with Crippen molar-refractivity contribution in [2.45, 2.75) is 44.2 Å². The Balaban J connectivity index is 1.56. The van der Waals surface area contributed by atoms with E-state index in [4.69, 9.17) is 9.47 Å². The van der Waals surface area contributed by atoms with Crippen LogP contribution in [-0.4, -0.2) is 36.8 Å². The molecule has 0 bridgehead atoms. The average Bonchev–Trinajstić information content (AvgIpc) is 3.54. The Labute approximate surface area is 187 Å². The van der Waals surface area contributed by atoms with Crippen LogP contribution in [0.3, 0.4) is 0 Å². The second-order valence-corrected chi connectivity index (χ2v) is 8.64. The first kappa shape index (κ1) is 20.6. The SMILES string of the molecule is COCCOc1ccc2c(C#N)c(-c3ccc(C(=O)NC4CC4)cc3)n(C3CCC3)c2c1. The van der Waals surface area contributed by atoms with Gasteiger partial charge in [-0.1, -0.05) is 12.1 Å². The van der Waals surface area contributed by atoms with Crippen LogP contribution < -0.4 is 10.1 Å². The van der Waals surface area contributed by atoms with Crippen LogP contribution >= 0.6 is 0 Å². The van der Waals surface area contributed by atoms with E-state index in [0.717, 1.165) is 53.6 Å². The Morgan fingerprint density at radius 3 is 2.53 bits per heavy atom. The third-order valence-electron chi connectivity index (χ3n) is 6.42. The van der Waals surface area contributed by atoms with Crippen LogP contribution in [0.2, 0.25) is 0 Å². The third kappa shape index (κ3) is 3.85. The number of rotatable bonds is 8. The van der Waals surface area contributed by atoms with E-state index in [1.54, 1.807) is 7.11 Å². The molecule has 0 unspecified atom stereocenters. The molecule has 0 radical (unpaired) electrons. The number of nitrogens with zero attached hydrogens (tertiary/aromatic N) is 2. The van der Waals surface area contributed by atoms with E-state index in [9.17, 15) is 10.1 Å². The lowest BCUT2D eigenvalue weighted by atomic mass is 9.92. The molecule has 1 amide bonds. The minimum atomic E-state index is -0.0306. The number of carbonyl (C=O) groups excluding carboxylic acids is 1. The van der Waals surface area contributed by atoms with E-state index in [1.807, 2.05) is 42.5 Å². The second-order valence-electron chi connectivity index (χ2n) is 8.64. The molecule has 1 aromatic heterocycles. The van der Waals surface area contributed by atoms with Crippen LogP contribution in [0.15, 0.2) is 42.5 Å². The fourth-order valence-electron chi connectivity index (χ4n) is 4.32. The zero-order valence-corrected chi connectivity index (χ0v) is 18.3. The quantitative estimate of drug-likeness (QED) is 0.521. The number of fused-ring (bicyclic) bond motifs is 1. The van der Waals surface area contributed by atoms with Gasteiger partial charge in [-0.15, -0.1) is 0 Å². The van der Waals surface area contributed by atoms with E-state index in [1.165, 1.54) is 6.42 Å². The van der Waals surface area contributed by atoms with Crippen LogP contribution in [0.5, 0.6) is 5.75 Å². The van der Waals surface area contributed by atoms with Gasteiger partial charge in [-0.25, -0.2) is 0 Å². The Hall–Kier alpha value is -3.30. The average molecular weight is 430 g/mol. The molecule has 2 aliphatic rings. The first-order valence-corrected chi connectivity index (χ1v) is 11.3. The van der Waals surface area contributed by atoms with Gasteiger partial charge >= 0.3 is 0 Å². The van der Waals surface area contributed by atoms with Crippen molar-refractivity contribution in [1.29, 1.82) is 5.26 Å². The van der Waals surface area contributed by atoms with Crippen molar-refractivity contribution < 1.29 is 14.3 Å². The van der Waals surface area contributed by atoms with Crippen molar-refractivity contribution in [3.8, 4) is 23.1 Å². The van der Waals surface area contributed by atoms with Crippen molar-refractivity contribution >= 4 is 16.8 Å². The van der Waals surface area contributed by atoms with Gasteiger partial charge < -0.3 is 19.4 Å². The minimum absolute atomic E-state index is 0.0306. The standard InChI is InChI=1S/C26H27N3O3/c1-31-13-14-32-21-11-12-22-23(16-27)25(29(24(22)15-21)20-3-2-4-20)17-5-7-18(8-6-17)26(30)28-19-9-10-19/h5-8,11-12,15,19-20H,2-4,9-10,13-14H2,1H3,(H,28,30). The molecule has 5 rings (SSSR count). The van der Waals surface area contributed by atoms with E-state index in [0.29, 0.717) is 36.4 Å². The van der Waals surface area contributed by atoms with Crippen LogP contribution in [0.25, 0.3) is 22.2 Å². The van der Waals surface area contributed by atoms with Crippen LogP contribution in [0.4, 0.5) is 0 Å². The van der Waals surface area contributed by atoms with Crippen LogP contribution in [0, 0.1) is 11.3 Å². The predicted molar refractivity (Wildman–Crippen MR) is 123 cm³/mol. The van der Waals surface area contributed by atoms with Gasteiger partial charge in [0.15, 0.2) is 0 Å². The van der Waals surface area contributed by atoms with Crippen molar-refractivity contribution in [2.75, 3.05) is 20.3 Å². The molecule has 3 aromatic rings. The monoisotopic (exact) mass is 429 g/mol. The molecule has 0 aliphatic heterocycles. The molecular formula is C26H27N3O3. The summed E-state index contributed by atoms with van der Waals surface area (Å²) in [5.74, 6) is 0.743. The molecule has 1 heterocycles. The topological polar surface area (TPSA) is 76.3 Å². The van der Waals surface area contributed by atoms with Crippen molar-refractivity contribution in [1.82, 2.24) is 9.88 Å². The Kier molecular flexibility index (Phi) is 5.59. The summed E-state index contributed by atoms with van der Waals surface area (Å²) >= 11 is 0. The molecule has 2 aromatic carbocycles. The largest absolute Gasteiger partial charge is 0.491 e. The molecule has 2 saturated carbocycles. The Bertz CT molecular complexity index is 1180. The van der Waals surface area contributed by atoms with Gasteiger partial charge in [0.25, 0.3) is 5.91 Å². The summed E-state index contributed by atoms with van der Waals surface area (Å²) in [5, 5.41) is 14.0. The number of benzene rings is 2. The number of nitriles is 1. The highest BCUT2D eigenvalue weighted by atomic mass is 16.5. The molecular weight excluding hydrogens is 402 g/mol. The lowest BCUT2D eigenvalue weighted by Gasteiger charge is -2.30. The maximum absolute atomic E-state index is 12.4. The summed E-state index contributed by atoms with van der Waals surface area (Å²) in [6.07, 6.45) is 5.51. The lowest BCUT2D eigenvalue weighted by molar-refractivity contribution is 0.0951. The van der Waals surface area contributed by atoms with Gasteiger partial charge in [0.2, 0.25) is 0 Å². The van der Waals surface area contributed by atoms with Gasteiger partial charge in [-0.2, -0.15) is 5.26 Å². The van der Waals surface area contributed by atoms with Gasteiger partial charge in [0.1, 0.15) is 18.4 Å². The summed E-state index contributed by atoms with van der Waals surface area (Å²) in [6, 6.07) is 16.7. The summed E-state index contributed by atoms with van der Waals surface area (Å²) in [4.78, 5) is 12.4. The zero-order valence-electron chi connectivity index (χ0n) is 18.3. The van der Waals surface area contributed by atoms with Gasteiger partial charge in [-0.05, 0) is 61.9 Å². The highest BCUT2D eigenvalue weighted by Gasteiger charge is 2.28. The van der Waals surface area contributed by atoms with E-state index < -0.39 is 0 Å². The molecule has 164 valence electrons. The smallest absolute Gasteiger partial charge is 0.251 e. The minimum Gasteiger partial charge on any atom is -0.491 e. The number of amides is 1. The zero-order chi connectivity index (χ0) is 22.1. The number of ether oxygens (including phenoxy) is 2. The summed E-state index contributed by atoms with van der Waals surface area (Å²) in [6.45, 7) is 1.01. The molecule has 6 heteroatoms. The number of nitrogens with one attached hydrogen (secondary N) is 1. The Morgan fingerprint density at radius 2 is 1.91 bits per heavy atom. The summed E-state index contributed by atoms with van der Waals surface area (Å²) in [5.41, 5.74) is 4.22. The molecule has 0 spiro atoms. The fourth-order valence-corrected chi connectivity index (χ4v) is 4.32. The number of hydrogen-bond donors (Lipinski definition) is 1. The summed E-state index contributed by atoms with van der Waals surface area (Å²) in [7, 11) is 1.65. The number of hydrogen-bond acceptors (Lipinski definition) is 4. The van der Waals surface area contributed by atoms with Gasteiger partial charge in [0, 0.05) is 36.2 Å². The highest BCUT2D eigenvalue weighted by Crippen LogP contribution is 2.43.